The Hall–Kier alpha value is -3.65. The summed E-state index contributed by atoms with van der Waals surface area (Å²) in [6.45, 7) is 0. The normalized spacial score (nSPS) is 13.7. The van der Waals surface area contributed by atoms with E-state index < -0.39 is 11.7 Å². The number of fused-ring (bicyclic) bond motifs is 1. The first-order chi connectivity index (χ1) is 17.1. The number of hydrogen-bond donors (Lipinski definition) is 1. The molecule has 0 aliphatic heterocycles. The van der Waals surface area contributed by atoms with Crippen molar-refractivity contribution in [3.63, 3.8) is 0 Å². The lowest BCUT2D eigenvalue weighted by molar-refractivity contribution is 0.102. The van der Waals surface area contributed by atoms with Crippen LogP contribution < -0.4 is 14.8 Å². The Bertz CT molecular complexity index is 1380. The molecule has 35 heavy (non-hydrogen) atoms. The quantitative estimate of drug-likeness (QED) is 0.226. The molecule has 1 heterocycles. The molecule has 1 aliphatic rings. The lowest BCUT2D eigenvalue weighted by atomic mass is 10.1. The van der Waals surface area contributed by atoms with Crippen LogP contribution in [-0.2, 0) is 0 Å². The molecule has 8 heteroatoms. The predicted molar refractivity (Wildman–Crippen MR) is 135 cm³/mol. The summed E-state index contributed by atoms with van der Waals surface area (Å²) in [5, 5.41) is 5.12. The minimum Gasteiger partial charge on any atom is -0.490 e. The Morgan fingerprint density at radius 3 is 2.66 bits per heavy atom. The van der Waals surface area contributed by atoms with Gasteiger partial charge in [-0.3, -0.25) is 4.79 Å². The third-order valence-electron chi connectivity index (χ3n) is 5.88. The van der Waals surface area contributed by atoms with Crippen molar-refractivity contribution in [2.75, 3.05) is 11.6 Å². The molecule has 0 saturated heterocycles. The molecule has 0 atom stereocenters. The highest BCUT2D eigenvalue weighted by atomic mass is 32.2. The maximum Gasteiger partial charge on any atom is 0.255 e. The fourth-order valence-electron chi connectivity index (χ4n) is 4.22. The van der Waals surface area contributed by atoms with Gasteiger partial charge in [-0.2, -0.15) is 4.98 Å². The zero-order valence-electron chi connectivity index (χ0n) is 19.2. The Balaban J connectivity index is 1.40. The number of nitrogens with one attached hydrogen (secondary N) is 1. The highest BCUT2D eigenvalue weighted by molar-refractivity contribution is 7.98. The van der Waals surface area contributed by atoms with Gasteiger partial charge >= 0.3 is 0 Å². The van der Waals surface area contributed by atoms with E-state index in [1.807, 2.05) is 30.5 Å². The first kappa shape index (κ1) is 23.1. The number of anilines is 1. The maximum absolute atomic E-state index is 14.3. The van der Waals surface area contributed by atoms with Gasteiger partial charge in [-0.05, 0) is 56.2 Å². The van der Waals surface area contributed by atoms with Crippen molar-refractivity contribution < 1.29 is 18.7 Å². The van der Waals surface area contributed by atoms with E-state index in [0.717, 1.165) is 36.5 Å². The summed E-state index contributed by atoms with van der Waals surface area (Å²) in [5.74, 6) is 0.488. The van der Waals surface area contributed by atoms with Crippen LogP contribution >= 0.6 is 11.8 Å². The molecule has 5 rings (SSSR count). The zero-order chi connectivity index (χ0) is 24.2. The van der Waals surface area contributed by atoms with Crippen LogP contribution in [0, 0.1) is 5.82 Å². The minimum absolute atomic E-state index is 0.0751. The second-order valence-corrected chi connectivity index (χ2v) is 9.07. The number of carbonyl (C=O) groups excluding carboxylic acids is 1. The molecule has 0 spiro atoms. The fraction of sp³-hybridized carbons (Fsp3) is 0.222. The van der Waals surface area contributed by atoms with E-state index in [0.29, 0.717) is 28.2 Å². The summed E-state index contributed by atoms with van der Waals surface area (Å²) in [4.78, 5) is 21.6. The maximum atomic E-state index is 14.3. The van der Waals surface area contributed by atoms with E-state index in [1.54, 1.807) is 30.5 Å². The number of benzene rings is 3. The van der Waals surface area contributed by atoms with Crippen molar-refractivity contribution in [2.45, 2.75) is 36.9 Å². The van der Waals surface area contributed by atoms with Crippen LogP contribution in [0.2, 0.25) is 0 Å². The van der Waals surface area contributed by atoms with Crippen molar-refractivity contribution >= 4 is 34.1 Å². The molecule has 0 unspecified atom stereocenters. The number of nitrogens with zero attached hydrogens (tertiary/aromatic N) is 2. The molecule has 1 saturated carbocycles. The van der Waals surface area contributed by atoms with Crippen LogP contribution in [0.15, 0.2) is 72.0 Å². The van der Waals surface area contributed by atoms with E-state index in [4.69, 9.17) is 9.47 Å². The molecule has 0 radical (unpaired) electrons. The SMILES string of the molecule is CSc1nccc(Oc2ccc(NC(=O)c3cc(F)cc(OC4CCCC4)c3)c3ccccc23)n1. The van der Waals surface area contributed by atoms with Gasteiger partial charge in [0, 0.05) is 40.4 Å². The molecule has 1 N–H and O–H groups in total. The molecule has 178 valence electrons. The average molecular weight is 490 g/mol. The van der Waals surface area contributed by atoms with Gasteiger partial charge in [-0.15, -0.1) is 0 Å². The Kier molecular flexibility index (Phi) is 6.81. The first-order valence-electron chi connectivity index (χ1n) is 11.4. The van der Waals surface area contributed by atoms with Gasteiger partial charge in [0.25, 0.3) is 5.91 Å². The largest absolute Gasteiger partial charge is 0.490 e. The number of halogens is 1. The monoisotopic (exact) mass is 489 g/mol. The van der Waals surface area contributed by atoms with Crippen LogP contribution in [0.3, 0.4) is 0 Å². The lowest BCUT2D eigenvalue weighted by Crippen LogP contribution is -2.15. The summed E-state index contributed by atoms with van der Waals surface area (Å²) in [6, 6.07) is 17.0. The van der Waals surface area contributed by atoms with Crippen LogP contribution in [0.25, 0.3) is 10.8 Å². The lowest BCUT2D eigenvalue weighted by Gasteiger charge is -2.15. The Labute approximate surface area is 206 Å². The molecule has 1 fully saturated rings. The van der Waals surface area contributed by atoms with Gasteiger partial charge in [0.05, 0.1) is 6.10 Å². The van der Waals surface area contributed by atoms with E-state index in [9.17, 15) is 9.18 Å². The van der Waals surface area contributed by atoms with Crippen molar-refractivity contribution in [2.24, 2.45) is 0 Å². The van der Waals surface area contributed by atoms with Crippen LogP contribution in [0.5, 0.6) is 17.4 Å². The van der Waals surface area contributed by atoms with Crippen LogP contribution in [0.1, 0.15) is 36.0 Å². The van der Waals surface area contributed by atoms with Gasteiger partial charge in [0.1, 0.15) is 17.3 Å². The minimum atomic E-state index is -0.506. The van der Waals surface area contributed by atoms with E-state index in [2.05, 4.69) is 15.3 Å². The zero-order valence-corrected chi connectivity index (χ0v) is 20.0. The smallest absolute Gasteiger partial charge is 0.255 e. The van der Waals surface area contributed by atoms with Gasteiger partial charge in [0.15, 0.2) is 5.16 Å². The van der Waals surface area contributed by atoms with Crippen LogP contribution in [-0.4, -0.2) is 28.2 Å². The Morgan fingerprint density at radius 1 is 1.06 bits per heavy atom. The summed E-state index contributed by atoms with van der Waals surface area (Å²) in [5.41, 5.74) is 0.793. The third-order valence-corrected chi connectivity index (χ3v) is 6.44. The third kappa shape index (κ3) is 5.38. The number of hydrogen-bond acceptors (Lipinski definition) is 6. The standard InChI is InChI=1S/C27H24FN3O3S/c1-35-27-29-13-12-25(31-27)34-24-11-10-23(21-8-4-5-9-22(21)24)30-26(32)17-14-18(28)16-20(15-17)33-19-6-2-3-7-19/h4-5,8-16,19H,2-3,6-7H2,1H3,(H,30,32). The molecular weight excluding hydrogens is 465 g/mol. The van der Waals surface area contributed by atoms with Gasteiger partial charge in [-0.1, -0.05) is 36.0 Å². The number of rotatable bonds is 7. The number of carbonyl (C=O) groups is 1. The molecular formula is C27H24FN3O3S. The molecule has 0 bridgehead atoms. The predicted octanol–water partition coefficient (Wildman–Crippen LogP) is 6.86. The molecule has 1 amide bonds. The molecule has 6 nitrogen and oxygen atoms in total. The van der Waals surface area contributed by atoms with Crippen LogP contribution in [0.4, 0.5) is 10.1 Å². The van der Waals surface area contributed by atoms with E-state index in [1.165, 1.54) is 23.9 Å². The highest BCUT2D eigenvalue weighted by Crippen LogP contribution is 2.34. The molecule has 3 aromatic carbocycles. The number of amides is 1. The van der Waals surface area contributed by atoms with Crippen molar-refractivity contribution in [3.8, 4) is 17.4 Å². The number of thioether (sulfide) groups is 1. The number of aromatic nitrogens is 2. The van der Waals surface area contributed by atoms with Crippen molar-refractivity contribution in [1.29, 1.82) is 0 Å². The molecule has 1 aromatic heterocycles. The Morgan fingerprint density at radius 2 is 1.86 bits per heavy atom. The van der Waals surface area contributed by atoms with Gasteiger partial charge in [-0.25, -0.2) is 9.37 Å². The second kappa shape index (κ2) is 10.3. The van der Waals surface area contributed by atoms with E-state index in [-0.39, 0.29) is 11.7 Å². The van der Waals surface area contributed by atoms with Gasteiger partial charge < -0.3 is 14.8 Å². The average Bonchev–Trinajstić information content (AvgIpc) is 3.38. The summed E-state index contributed by atoms with van der Waals surface area (Å²) in [7, 11) is 0. The summed E-state index contributed by atoms with van der Waals surface area (Å²) >= 11 is 1.43. The van der Waals surface area contributed by atoms with Crippen molar-refractivity contribution in [1.82, 2.24) is 9.97 Å². The fourth-order valence-corrected chi connectivity index (χ4v) is 4.56. The van der Waals surface area contributed by atoms with Gasteiger partial charge in [0.2, 0.25) is 5.88 Å². The molecule has 4 aromatic rings. The van der Waals surface area contributed by atoms with E-state index >= 15 is 0 Å². The topological polar surface area (TPSA) is 73.3 Å². The first-order valence-corrected chi connectivity index (χ1v) is 12.7. The number of ether oxygens (including phenoxy) is 2. The second-order valence-electron chi connectivity index (χ2n) is 8.29. The summed E-state index contributed by atoms with van der Waals surface area (Å²) < 4.78 is 26.2. The van der Waals surface area contributed by atoms with Crippen molar-refractivity contribution in [3.05, 3.63) is 78.2 Å². The highest BCUT2D eigenvalue weighted by Gasteiger charge is 2.19. The summed E-state index contributed by atoms with van der Waals surface area (Å²) in [6.07, 6.45) is 7.74. The molecule has 1 aliphatic carbocycles.